The van der Waals surface area contributed by atoms with Gasteiger partial charge in [-0.05, 0) is 44.7 Å². The molecule has 0 saturated heterocycles. The highest BCUT2D eigenvalue weighted by Gasteiger charge is 2.32. The number of fused-ring (bicyclic) bond motifs is 2. The molecule has 1 N–H and O–H groups in total. The lowest BCUT2D eigenvalue weighted by atomic mass is 10.0. The van der Waals surface area contributed by atoms with Gasteiger partial charge in [-0.15, -0.1) is 0 Å². The van der Waals surface area contributed by atoms with Crippen molar-refractivity contribution in [2.45, 2.75) is 19.4 Å². The molecule has 2 amide bonds. The van der Waals surface area contributed by atoms with E-state index in [0.29, 0.717) is 29.2 Å². The topological polar surface area (TPSA) is 65.5 Å². The van der Waals surface area contributed by atoms with Gasteiger partial charge < -0.3 is 5.32 Å². The van der Waals surface area contributed by atoms with Gasteiger partial charge in [0.2, 0.25) is 0 Å². The summed E-state index contributed by atoms with van der Waals surface area (Å²) in [4.78, 5) is 34.2. The Morgan fingerprint density at radius 3 is 2.85 bits per heavy atom. The van der Waals surface area contributed by atoms with Crippen molar-refractivity contribution in [2.75, 3.05) is 23.8 Å². The van der Waals surface area contributed by atoms with E-state index in [9.17, 15) is 9.59 Å². The fourth-order valence-electron chi connectivity index (χ4n) is 3.37. The van der Waals surface area contributed by atoms with Crippen LogP contribution in [-0.2, 0) is 4.79 Å². The van der Waals surface area contributed by atoms with Crippen LogP contribution in [0.15, 0.2) is 54.2 Å². The second-order valence-electron chi connectivity index (χ2n) is 6.65. The second kappa shape index (κ2) is 6.38. The van der Waals surface area contributed by atoms with Crippen LogP contribution in [0.2, 0.25) is 0 Å². The largest absolute Gasteiger partial charge is 0.319 e. The minimum absolute atomic E-state index is 0.131. The third-order valence-electron chi connectivity index (χ3n) is 4.99. The number of benzene rings is 1. The molecule has 1 unspecified atom stereocenters. The van der Waals surface area contributed by atoms with Crippen LogP contribution < -0.4 is 10.2 Å². The van der Waals surface area contributed by atoms with E-state index in [1.54, 1.807) is 41.4 Å². The van der Waals surface area contributed by atoms with E-state index in [0.717, 1.165) is 12.1 Å². The predicted molar refractivity (Wildman–Crippen MR) is 101 cm³/mol. The molecule has 0 saturated carbocycles. The van der Waals surface area contributed by atoms with Crippen LogP contribution in [0.1, 0.15) is 23.7 Å². The smallest absolute Gasteiger partial charge is 0.259 e. The lowest BCUT2D eigenvalue weighted by Crippen LogP contribution is -2.37. The molecule has 2 aliphatic heterocycles. The van der Waals surface area contributed by atoms with Crippen LogP contribution in [0.25, 0.3) is 0 Å². The summed E-state index contributed by atoms with van der Waals surface area (Å²) in [6.07, 6.45) is 4.30. The Balaban J connectivity index is 1.87. The number of carbonyl (C=O) groups is 2. The van der Waals surface area contributed by atoms with Gasteiger partial charge in [-0.1, -0.05) is 18.2 Å². The molecule has 0 aliphatic carbocycles. The lowest BCUT2D eigenvalue weighted by Gasteiger charge is -2.30. The number of aromatic nitrogens is 1. The van der Waals surface area contributed by atoms with Crippen molar-refractivity contribution in [3.8, 4) is 0 Å². The minimum Gasteiger partial charge on any atom is -0.319 e. The zero-order chi connectivity index (χ0) is 18.3. The van der Waals surface area contributed by atoms with Gasteiger partial charge >= 0.3 is 0 Å². The van der Waals surface area contributed by atoms with Crippen LogP contribution in [0.5, 0.6) is 0 Å². The maximum atomic E-state index is 13.5. The van der Waals surface area contributed by atoms with E-state index in [2.05, 4.69) is 22.1 Å². The van der Waals surface area contributed by atoms with Gasteiger partial charge in [0, 0.05) is 24.4 Å². The Hall–Kier alpha value is -2.99. The van der Waals surface area contributed by atoms with Gasteiger partial charge in [0.1, 0.15) is 0 Å². The van der Waals surface area contributed by atoms with E-state index in [4.69, 9.17) is 0 Å². The number of amides is 2. The number of hydrogen-bond donors (Lipinski definition) is 1. The zero-order valence-electron chi connectivity index (χ0n) is 14.8. The van der Waals surface area contributed by atoms with Gasteiger partial charge in [-0.2, -0.15) is 0 Å². The number of nitrogens with one attached hydrogen (secondary N) is 1. The van der Waals surface area contributed by atoms with Crippen LogP contribution in [-0.4, -0.2) is 41.3 Å². The van der Waals surface area contributed by atoms with Crippen LogP contribution in [0, 0.1) is 0 Å². The van der Waals surface area contributed by atoms with Gasteiger partial charge in [0.25, 0.3) is 11.8 Å². The van der Waals surface area contributed by atoms with Gasteiger partial charge in [0.05, 0.1) is 16.9 Å². The molecule has 1 aromatic carbocycles. The van der Waals surface area contributed by atoms with E-state index in [1.807, 2.05) is 19.2 Å². The fourth-order valence-corrected chi connectivity index (χ4v) is 3.37. The monoisotopic (exact) mass is 348 g/mol. The van der Waals surface area contributed by atoms with Crippen LogP contribution in [0.4, 0.5) is 17.2 Å². The first kappa shape index (κ1) is 16.5. The molecule has 6 nitrogen and oxygen atoms in total. The number of carbonyl (C=O) groups excluding carboxylic acids is 2. The summed E-state index contributed by atoms with van der Waals surface area (Å²) in [6.45, 7) is 2.89. The Kier molecular flexibility index (Phi) is 4.05. The molecule has 1 atom stereocenters. The average molecular weight is 348 g/mol. The molecular weight excluding hydrogens is 328 g/mol. The van der Waals surface area contributed by atoms with Gasteiger partial charge in [0.15, 0.2) is 5.82 Å². The van der Waals surface area contributed by atoms with Crippen molar-refractivity contribution in [1.82, 2.24) is 9.88 Å². The summed E-state index contributed by atoms with van der Waals surface area (Å²) in [6, 6.07) is 10.8. The van der Waals surface area contributed by atoms with Crippen molar-refractivity contribution in [2.24, 2.45) is 0 Å². The molecule has 132 valence electrons. The first-order valence-corrected chi connectivity index (χ1v) is 8.67. The maximum absolute atomic E-state index is 13.5. The average Bonchev–Trinajstić information content (AvgIpc) is 2.77. The standard InChI is InChI=1S/C20H20N4O2/c1-13-12-14(9-11-23(13)2)20(26)24-17-8-4-3-6-15(17)19(25)22-16-7-5-10-21-18(16)24/h3-8,10,12-13H,9,11H2,1-2H3,(H,22,25). The van der Waals surface area contributed by atoms with Crippen molar-refractivity contribution in [3.63, 3.8) is 0 Å². The molecule has 6 heteroatoms. The van der Waals surface area contributed by atoms with Crippen molar-refractivity contribution < 1.29 is 9.59 Å². The van der Waals surface area contributed by atoms with Gasteiger partial charge in [-0.25, -0.2) is 4.98 Å². The first-order valence-electron chi connectivity index (χ1n) is 8.67. The van der Waals surface area contributed by atoms with Crippen LogP contribution >= 0.6 is 0 Å². The van der Waals surface area contributed by atoms with Crippen molar-refractivity contribution >= 4 is 29.0 Å². The number of hydrogen-bond acceptors (Lipinski definition) is 4. The second-order valence-corrected chi connectivity index (χ2v) is 6.65. The summed E-state index contributed by atoms with van der Waals surface area (Å²) in [5, 5.41) is 2.86. The number of anilines is 3. The van der Waals surface area contributed by atoms with E-state index in [1.165, 1.54) is 0 Å². The SMILES string of the molecule is CC1C=C(C(=O)N2c3ccccc3C(=O)Nc3cccnc32)CCN1C. The van der Waals surface area contributed by atoms with Crippen molar-refractivity contribution in [1.29, 1.82) is 0 Å². The Morgan fingerprint density at radius 1 is 1.23 bits per heavy atom. The molecule has 0 fully saturated rings. The molecule has 4 rings (SSSR count). The highest BCUT2D eigenvalue weighted by Crippen LogP contribution is 2.37. The molecule has 0 bridgehead atoms. The Labute approximate surface area is 152 Å². The molecule has 26 heavy (non-hydrogen) atoms. The van der Waals surface area contributed by atoms with E-state index < -0.39 is 0 Å². The highest BCUT2D eigenvalue weighted by molar-refractivity contribution is 6.20. The summed E-state index contributed by atoms with van der Waals surface area (Å²) in [5.74, 6) is 0.0769. The number of rotatable bonds is 1. The Morgan fingerprint density at radius 2 is 2.04 bits per heavy atom. The zero-order valence-corrected chi connectivity index (χ0v) is 14.8. The van der Waals surface area contributed by atoms with E-state index >= 15 is 0 Å². The number of pyridine rings is 1. The molecular formula is C20H20N4O2. The van der Waals surface area contributed by atoms with E-state index in [-0.39, 0.29) is 17.9 Å². The summed E-state index contributed by atoms with van der Waals surface area (Å²) < 4.78 is 0. The lowest BCUT2D eigenvalue weighted by molar-refractivity contribution is -0.114. The first-order chi connectivity index (χ1) is 12.6. The molecule has 0 radical (unpaired) electrons. The Bertz CT molecular complexity index is 922. The summed E-state index contributed by atoms with van der Waals surface area (Å²) in [5.41, 5.74) is 2.29. The molecule has 0 spiro atoms. The summed E-state index contributed by atoms with van der Waals surface area (Å²) in [7, 11) is 2.04. The number of nitrogens with zero attached hydrogens (tertiary/aromatic N) is 3. The highest BCUT2D eigenvalue weighted by atomic mass is 16.2. The minimum atomic E-state index is -0.240. The predicted octanol–water partition coefficient (Wildman–Crippen LogP) is 2.96. The molecule has 3 heterocycles. The van der Waals surface area contributed by atoms with Crippen LogP contribution in [0.3, 0.4) is 0 Å². The summed E-state index contributed by atoms with van der Waals surface area (Å²) >= 11 is 0. The third kappa shape index (κ3) is 2.68. The fraction of sp³-hybridized carbons (Fsp3) is 0.250. The normalized spacial score (nSPS) is 19.8. The van der Waals surface area contributed by atoms with Gasteiger partial charge in [-0.3, -0.25) is 19.4 Å². The third-order valence-corrected chi connectivity index (χ3v) is 4.99. The number of para-hydroxylation sites is 1. The molecule has 2 aliphatic rings. The number of likely N-dealkylation sites (N-methyl/N-ethyl adjacent to an activating group) is 1. The maximum Gasteiger partial charge on any atom is 0.259 e. The van der Waals surface area contributed by atoms with Crippen molar-refractivity contribution in [3.05, 3.63) is 59.8 Å². The molecule has 2 aromatic rings. The molecule has 1 aromatic heterocycles. The quantitative estimate of drug-likeness (QED) is 0.860.